The molecule has 5 nitrogen and oxygen atoms in total. The van der Waals surface area contributed by atoms with Crippen molar-refractivity contribution in [3.05, 3.63) is 60.2 Å². The van der Waals surface area contributed by atoms with Crippen LogP contribution in [0.3, 0.4) is 0 Å². The fourth-order valence-electron chi connectivity index (χ4n) is 3.65. The summed E-state index contributed by atoms with van der Waals surface area (Å²) in [6, 6.07) is 15.5. The molecular weight excluding hydrogens is 372 g/mol. The van der Waals surface area contributed by atoms with Crippen LogP contribution in [0.4, 0.5) is 5.69 Å². The molecule has 28 heavy (non-hydrogen) atoms. The molecule has 150 valence electrons. The van der Waals surface area contributed by atoms with Crippen LogP contribution in [0.2, 0.25) is 0 Å². The molecule has 0 bridgehead atoms. The Labute approximate surface area is 167 Å². The van der Waals surface area contributed by atoms with E-state index < -0.39 is 10.0 Å². The number of anilines is 1. The second kappa shape index (κ2) is 9.24. The summed E-state index contributed by atoms with van der Waals surface area (Å²) in [5.74, 6) is 0.224. The van der Waals surface area contributed by atoms with Crippen LogP contribution in [-0.4, -0.2) is 27.4 Å². The average molecular weight is 401 g/mol. The minimum atomic E-state index is -3.84. The molecule has 1 saturated carbocycles. The van der Waals surface area contributed by atoms with Gasteiger partial charge in [-0.2, -0.15) is 0 Å². The molecule has 1 aliphatic rings. The monoisotopic (exact) mass is 400 g/mol. The molecule has 2 aromatic rings. The second-order valence-electron chi connectivity index (χ2n) is 7.47. The zero-order valence-corrected chi connectivity index (χ0v) is 17.1. The van der Waals surface area contributed by atoms with Crippen molar-refractivity contribution in [2.75, 3.05) is 17.4 Å². The van der Waals surface area contributed by atoms with E-state index in [0.717, 1.165) is 18.4 Å². The van der Waals surface area contributed by atoms with Crippen molar-refractivity contribution < 1.29 is 13.2 Å². The van der Waals surface area contributed by atoms with E-state index in [1.165, 1.54) is 23.6 Å². The lowest BCUT2D eigenvalue weighted by molar-refractivity contribution is -0.119. The predicted octanol–water partition coefficient (Wildman–Crippen LogP) is 3.89. The topological polar surface area (TPSA) is 66.5 Å². The van der Waals surface area contributed by atoms with Crippen LogP contribution in [-0.2, 0) is 14.8 Å². The number of nitrogens with zero attached hydrogens (tertiary/aromatic N) is 1. The van der Waals surface area contributed by atoms with Crippen molar-refractivity contribution in [1.29, 1.82) is 0 Å². The van der Waals surface area contributed by atoms with Gasteiger partial charge in [0, 0.05) is 6.54 Å². The van der Waals surface area contributed by atoms with Gasteiger partial charge in [-0.05, 0) is 55.5 Å². The largest absolute Gasteiger partial charge is 0.354 e. The van der Waals surface area contributed by atoms with E-state index in [1.807, 2.05) is 13.0 Å². The van der Waals surface area contributed by atoms with E-state index in [-0.39, 0.29) is 17.3 Å². The molecular formula is C22H28N2O3S. The highest BCUT2D eigenvalue weighted by Crippen LogP contribution is 2.25. The maximum Gasteiger partial charge on any atom is 0.264 e. The van der Waals surface area contributed by atoms with E-state index in [2.05, 4.69) is 5.32 Å². The Hall–Kier alpha value is -2.34. The summed E-state index contributed by atoms with van der Waals surface area (Å²) in [5, 5.41) is 2.95. The van der Waals surface area contributed by atoms with Crippen LogP contribution < -0.4 is 9.62 Å². The fourth-order valence-corrected chi connectivity index (χ4v) is 5.09. The molecule has 0 spiro atoms. The van der Waals surface area contributed by atoms with E-state index in [4.69, 9.17) is 0 Å². The Balaban J connectivity index is 1.79. The number of hydrogen-bond donors (Lipinski definition) is 1. The van der Waals surface area contributed by atoms with Gasteiger partial charge in [0.05, 0.1) is 10.6 Å². The highest BCUT2D eigenvalue weighted by atomic mass is 32.2. The van der Waals surface area contributed by atoms with Crippen LogP contribution in [0.5, 0.6) is 0 Å². The van der Waals surface area contributed by atoms with Gasteiger partial charge in [0.15, 0.2) is 0 Å². The van der Waals surface area contributed by atoms with E-state index >= 15 is 0 Å². The Kier molecular flexibility index (Phi) is 6.73. The van der Waals surface area contributed by atoms with Crippen molar-refractivity contribution in [1.82, 2.24) is 5.32 Å². The second-order valence-corrected chi connectivity index (χ2v) is 9.33. The van der Waals surface area contributed by atoms with Gasteiger partial charge >= 0.3 is 0 Å². The number of hydrogen-bond acceptors (Lipinski definition) is 3. The lowest BCUT2D eigenvalue weighted by Gasteiger charge is -2.26. The lowest BCUT2D eigenvalue weighted by Crippen LogP contribution is -2.42. The van der Waals surface area contributed by atoms with E-state index in [1.54, 1.807) is 48.5 Å². The van der Waals surface area contributed by atoms with E-state index in [0.29, 0.717) is 18.2 Å². The quantitative estimate of drug-likeness (QED) is 0.767. The first kappa shape index (κ1) is 20.4. The summed E-state index contributed by atoms with van der Waals surface area (Å²) in [6.45, 7) is 2.29. The molecule has 0 unspecified atom stereocenters. The van der Waals surface area contributed by atoms with Gasteiger partial charge in [0.2, 0.25) is 5.91 Å². The first-order valence-corrected chi connectivity index (χ1v) is 11.3. The molecule has 1 amide bonds. The lowest BCUT2D eigenvalue weighted by atomic mass is 9.89. The summed E-state index contributed by atoms with van der Waals surface area (Å²) in [6.07, 6.45) is 5.94. The smallest absolute Gasteiger partial charge is 0.264 e. The molecule has 0 aliphatic heterocycles. The highest BCUT2D eigenvalue weighted by molar-refractivity contribution is 7.92. The Morgan fingerprint density at radius 1 is 1.04 bits per heavy atom. The number of aryl methyl sites for hydroxylation is 1. The molecule has 0 radical (unpaired) electrons. The van der Waals surface area contributed by atoms with Gasteiger partial charge in [-0.1, -0.05) is 49.6 Å². The van der Waals surface area contributed by atoms with Gasteiger partial charge < -0.3 is 5.32 Å². The normalized spacial score (nSPS) is 15.2. The Bertz CT molecular complexity index is 891. The van der Waals surface area contributed by atoms with Gasteiger partial charge in [-0.25, -0.2) is 8.42 Å². The molecule has 6 heteroatoms. The average Bonchev–Trinajstić information content (AvgIpc) is 2.72. The van der Waals surface area contributed by atoms with Crippen LogP contribution in [0.1, 0.15) is 37.7 Å². The molecule has 1 N–H and O–H groups in total. The van der Waals surface area contributed by atoms with Crippen LogP contribution in [0, 0.1) is 12.8 Å². The molecule has 0 atom stereocenters. The standard InChI is InChI=1S/C22H28N2O3S/c1-18-9-8-12-20(15-18)24(28(26,27)21-13-6-3-7-14-21)17-22(25)23-16-19-10-4-2-5-11-19/h3,6-9,12-15,19H,2,4-5,10-11,16-17H2,1H3,(H,23,25). The van der Waals surface area contributed by atoms with Gasteiger partial charge in [-0.15, -0.1) is 0 Å². The number of carbonyl (C=O) groups is 1. The summed E-state index contributed by atoms with van der Waals surface area (Å²) in [5.41, 5.74) is 1.44. The van der Waals surface area contributed by atoms with Crippen LogP contribution in [0.15, 0.2) is 59.5 Å². The first-order valence-electron chi connectivity index (χ1n) is 9.88. The molecule has 0 saturated heterocycles. The predicted molar refractivity (Wildman–Crippen MR) is 112 cm³/mol. The molecule has 3 rings (SSSR count). The number of nitrogens with one attached hydrogen (secondary N) is 1. The fraction of sp³-hybridized carbons (Fsp3) is 0.409. The maximum atomic E-state index is 13.2. The zero-order valence-electron chi connectivity index (χ0n) is 16.3. The Morgan fingerprint density at radius 3 is 2.43 bits per heavy atom. The molecule has 0 heterocycles. The van der Waals surface area contributed by atoms with E-state index in [9.17, 15) is 13.2 Å². The zero-order chi connectivity index (χ0) is 20.0. The summed E-state index contributed by atoms with van der Waals surface area (Å²) < 4.78 is 27.7. The number of carbonyl (C=O) groups excluding carboxylic acids is 1. The van der Waals surface area contributed by atoms with Crippen LogP contribution >= 0.6 is 0 Å². The number of amides is 1. The van der Waals surface area contributed by atoms with Crippen LogP contribution in [0.25, 0.3) is 0 Å². The Morgan fingerprint density at radius 2 is 1.75 bits per heavy atom. The number of rotatable bonds is 7. The third kappa shape index (κ3) is 5.13. The number of benzene rings is 2. The van der Waals surface area contributed by atoms with Gasteiger partial charge in [0.25, 0.3) is 10.0 Å². The molecule has 2 aromatic carbocycles. The summed E-state index contributed by atoms with van der Waals surface area (Å²) >= 11 is 0. The van der Waals surface area contributed by atoms with Gasteiger partial charge in [-0.3, -0.25) is 9.10 Å². The number of sulfonamides is 1. The summed E-state index contributed by atoms with van der Waals surface area (Å²) in [4.78, 5) is 12.8. The first-order chi connectivity index (χ1) is 13.5. The minimum Gasteiger partial charge on any atom is -0.354 e. The summed E-state index contributed by atoms with van der Waals surface area (Å²) in [7, 11) is -3.84. The SMILES string of the molecule is Cc1cccc(N(CC(=O)NCC2CCCCC2)S(=O)(=O)c2ccccc2)c1. The maximum absolute atomic E-state index is 13.2. The minimum absolute atomic E-state index is 0.177. The van der Waals surface area contributed by atoms with Crippen molar-refractivity contribution >= 4 is 21.6 Å². The molecule has 1 fully saturated rings. The third-order valence-electron chi connectivity index (χ3n) is 5.22. The third-order valence-corrected chi connectivity index (χ3v) is 7.01. The van der Waals surface area contributed by atoms with Crippen molar-refractivity contribution in [2.45, 2.75) is 43.9 Å². The molecule has 1 aliphatic carbocycles. The molecule has 0 aromatic heterocycles. The highest BCUT2D eigenvalue weighted by Gasteiger charge is 2.27. The van der Waals surface area contributed by atoms with Crippen molar-refractivity contribution in [2.24, 2.45) is 5.92 Å². The van der Waals surface area contributed by atoms with Crippen molar-refractivity contribution in [3.63, 3.8) is 0 Å². The van der Waals surface area contributed by atoms with Gasteiger partial charge in [0.1, 0.15) is 6.54 Å². The van der Waals surface area contributed by atoms with Crippen molar-refractivity contribution in [3.8, 4) is 0 Å².